The Balaban J connectivity index is 1.90. The van der Waals surface area contributed by atoms with E-state index in [9.17, 15) is 0 Å². The maximum Gasteiger partial charge on any atom is 0.124 e. The number of nitrogens with zero attached hydrogens (tertiary/aromatic N) is 1. The van der Waals surface area contributed by atoms with Crippen LogP contribution in [0.4, 0.5) is 0 Å². The Morgan fingerprint density at radius 2 is 1.88 bits per heavy atom. The van der Waals surface area contributed by atoms with Gasteiger partial charge < -0.3 is 0 Å². The minimum absolute atomic E-state index is 0.593. The predicted octanol–water partition coefficient (Wildman–Crippen LogP) is 6.59. The van der Waals surface area contributed by atoms with Crippen molar-refractivity contribution in [3.63, 3.8) is 0 Å². The van der Waals surface area contributed by atoms with Crippen molar-refractivity contribution in [2.75, 3.05) is 0 Å². The molecule has 2 aliphatic carbocycles. The summed E-state index contributed by atoms with van der Waals surface area (Å²) in [6.45, 7) is 4.57. The Morgan fingerprint density at radius 3 is 2.76 bits per heavy atom. The van der Waals surface area contributed by atoms with Crippen molar-refractivity contribution in [2.24, 2.45) is 0 Å². The summed E-state index contributed by atoms with van der Waals surface area (Å²) in [6, 6.07) is 9.11. The smallest absolute Gasteiger partial charge is 0.124 e. The maximum absolute atomic E-state index is 5.23. The Morgan fingerprint density at radius 1 is 1.04 bits per heavy atom. The first-order chi connectivity index (χ1) is 12.2. The molecule has 2 aromatic heterocycles. The number of rotatable bonds is 1. The normalized spacial score (nSPS) is 19.7. The second-order valence-corrected chi connectivity index (χ2v) is 8.99. The largest absolute Gasteiger partial charge is 0.241 e. The third kappa shape index (κ3) is 2.45. The van der Waals surface area contributed by atoms with Crippen LogP contribution in [0.3, 0.4) is 0 Å². The molecule has 2 heterocycles. The van der Waals surface area contributed by atoms with Crippen LogP contribution in [0, 0.1) is 6.92 Å². The van der Waals surface area contributed by atoms with E-state index in [2.05, 4.69) is 38.1 Å². The topological polar surface area (TPSA) is 12.9 Å². The van der Waals surface area contributed by atoms with E-state index in [1.54, 1.807) is 16.0 Å². The zero-order valence-electron chi connectivity index (χ0n) is 15.2. The van der Waals surface area contributed by atoms with Gasteiger partial charge in [-0.2, -0.15) is 0 Å². The lowest BCUT2D eigenvalue weighted by Gasteiger charge is -2.25. The fraction of sp³-hybridized carbons (Fsp3) is 0.435. The molecule has 0 fully saturated rings. The third-order valence-corrected chi connectivity index (χ3v) is 7.26. The van der Waals surface area contributed by atoms with E-state index in [0.29, 0.717) is 5.92 Å². The van der Waals surface area contributed by atoms with Gasteiger partial charge in [0.2, 0.25) is 0 Å². The lowest BCUT2D eigenvalue weighted by atomic mass is 9.81. The van der Waals surface area contributed by atoms with Gasteiger partial charge in [-0.05, 0) is 80.0 Å². The Hall–Kier alpha value is -1.67. The van der Waals surface area contributed by atoms with Crippen molar-refractivity contribution in [3.05, 3.63) is 51.5 Å². The molecule has 2 heteroatoms. The highest BCUT2D eigenvalue weighted by Gasteiger charge is 2.27. The maximum atomic E-state index is 5.23. The number of aryl methyl sites for hydroxylation is 3. The average Bonchev–Trinajstić information content (AvgIpc) is 2.99. The van der Waals surface area contributed by atoms with Gasteiger partial charge in [0.1, 0.15) is 4.83 Å². The first kappa shape index (κ1) is 15.6. The molecule has 1 unspecified atom stereocenters. The molecule has 0 amide bonds. The van der Waals surface area contributed by atoms with Crippen LogP contribution in [0.15, 0.2) is 24.3 Å². The summed E-state index contributed by atoms with van der Waals surface area (Å²) in [5.74, 6) is 0.593. The summed E-state index contributed by atoms with van der Waals surface area (Å²) in [7, 11) is 0. The fourth-order valence-corrected chi connectivity index (χ4v) is 6.12. The van der Waals surface area contributed by atoms with Gasteiger partial charge in [0.05, 0.1) is 0 Å². The first-order valence-electron chi connectivity index (χ1n) is 9.76. The Labute approximate surface area is 154 Å². The van der Waals surface area contributed by atoms with Gasteiger partial charge >= 0.3 is 0 Å². The highest BCUT2D eigenvalue weighted by molar-refractivity contribution is 7.19. The molecule has 0 bridgehead atoms. The molecule has 0 saturated heterocycles. The van der Waals surface area contributed by atoms with Crippen molar-refractivity contribution in [2.45, 2.75) is 64.7 Å². The number of hydrogen-bond donors (Lipinski definition) is 0. The van der Waals surface area contributed by atoms with Crippen molar-refractivity contribution in [3.8, 4) is 11.1 Å². The number of thiophene rings is 1. The number of pyridine rings is 1. The number of benzene rings is 1. The van der Waals surface area contributed by atoms with Gasteiger partial charge in [0, 0.05) is 16.0 Å². The Kier molecular flexibility index (Phi) is 3.71. The molecule has 0 aliphatic heterocycles. The standard InChI is InChI=1S/C23H25NS/c1-14-7-5-9-16(13-14)20-18-11-6-8-15(2)22(18)24-23-21(20)17-10-3-4-12-19(17)25-23/h5,7,9,13,15H,3-4,6,8,10-12H2,1-2H3. The van der Waals surface area contributed by atoms with E-state index in [0.717, 1.165) is 0 Å². The van der Waals surface area contributed by atoms with Gasteiger partial charge in [-0.3, -0.25) is 0 Å². The van der Waals surface area contributed by atoms with E-state index in [1.807, 2.05) is 11.3 Å². The SMILES string of the molecule is Cc1cccc(-c2c3c(nc4sc5c(c24)CCCC5)C(C)CCC3)c1. The average molecular weight is 348 g/mol. The molecule has 0 N–H and O–H groups in total. The van der Waals surface area contributed by atoms with Crippen molar-refractivity contribution in [1.82, 2.24) is 4.98 Å². The summed E-state index contributed by atoms with van der Waals surface area (Å²) >= 11 is 1.98. The molecule has 1 atom stereocenters. The number of hydrogen-bond acceptors (Lipinski definition) is 2. The summed E-state index contributed by atoms with van der Waals surface area (Å²) < 4.78 is 0. The lowest BCUT2D eigenvalue weighted by Crippen LogP contribution is -2.11. The van der Waals surface area contributed by atoms with E-state index >= 15 is 0 Å². The van der Waals surface area contributed by atoms with Crippen LogP contribution in [-0.2, 0) is 19.3 Å². The second kappa shape index (κ2) is 5.95. The zero-order valence-corrected chi connectivity index (χ0v) is 16.0. The van der Waals surface area contributed by atoms with Gasteiger partial charge in [-0.15, -0.1) is 11.3 Å². The molecule has 0 spiro atoms. The van der Waals surface area contributed by atoms with E-state index < -0.39 is 0 Å². The first-order valence-corrected chi connectivity index (χ1v) is 10.6. The zero-order chi connectivity index (χ0) is 17.0. The van der Waals surface area contributed by atoms with Crippen LogP contribution in [-0.4, -0.2) is 4.98 Å². The monoisotopic (exact) mass is 347 g/mol. The predicted molar refractivity (Wildman–Crippen MR) is 108 cm³/mol. The molecule has 1 aromatic carbocycles. The van der Waals surface area contributed by atoms with Gasteiger partial charge in [-0.1, -0.05) is 36.8 Å². The van der Waals surface area contributed by atoms with Crippen LogP contribution in [0.25, 0.3) is 21.3 Å². The molecule has 3 aromatic rings. The van der Waals surface area contributed by atoms with Gasteiger partial charge in [0.15, 0.2) is 0 Å². The van der Waals surface area contributed by atoms with Crippen LogP contribution in [0.1, 0.15) is 65.8 Å². The third-order valence-electron chi connectivity index (χ3n) is 6.07. The summed E-state index contributed by atoms with van der Waals surface area (Å²) in [6.07, 6.45) is 8.94. The summed E-state index contributed by atoms with van der Waals surface area (Å²) in [5, 5.41) is 1.50. The quantitative estimate of drug-likeness (QED) is 0.484. The highest BCUT2D eigenvalue weighted by atomic mass is 32.1. The molecule has 0 radical (unpaired) electrons. The summed E-state index contributed by atoms with van der Waals surface area (Å²) in [4.78, 5) is 8.14. The molecule has 128 valence electrons. The molecule has 1 nitrogen and oxygen atoms in total. The van der Waals surface area contributed by atoms with Crippen LogP contribution < -0.4 is 0 Å². The van der Waals surface area contributed by atoms with Crippen LogP contribution >= 0.6 is 11.3 Å². The fourth-order valence-electron chi connectivity index (χ4n) is 4.85. The molecular formula is C23H25NS. The molecular weight excluding hydrogens is 322 g/mol. The molecule has 0 saturated carbocycles. The Bertz CT molecular complexity index is 966. The highest BCUT2D eigenvalue weighted by Crippen LogP contribution is 2.46. The minimum atomic E-state index is 0.593. The van der Waals surface area contributed by atoms with Crippen molar-refractivity contribution in [1.29, 1.82) is 0 Å². The van der Waals surface area contributed by atoms with Crippen LogP contribution in [0.5, 0.6) is 0 Å². The van der Waals surface area contributed by atoms with Crippen LogP contribution in [0.2, 0.25) is 0 Å². The minimum Gasteiger partial charge on any atom is -0.241 e. The van der Waals surface area contributed by atoms with E-state index in [1.165, 1.54) is 77.5 Å². The van der Waals surface area contributed by atoms with E-state index in [4.69, 9.17) is 4.98 Å². The van der Waals surface area contributed by atoms with E-state index in [-0.39, 0.29) is 0 Å². The van der Waals surface area contributed by atoms with Crippen molar-refractivity contribution < 1.29 is 0 Å². The lowest BCUT2D eigenvalue weighted by molar-refractivity contribution is 0.577. The number of fused-ring (bicyclic) bond motifs is 4. The second-order valence-electron chi connectivity index (χ2n) is 7.90. The molecule has 25 heavy (non-hydrogen) atoms. The van der Waals surface area contributed by atoms with Gasteiger partial charge in [0.25, 0.3) is 0 Å². The number of aromatic nitrogens is 1. The molecule has 5 rings (SSSR count). The van der Waals surface area contributed by atoms with Gasteiger partial charge in [-0.25, -0.2) is 4.98 Å². The summed E-state index contributed by atoms with van der Waals surface area (Å²) in [5.41, 5.74) is 8.83. The van der Waals surface area contributed by atoms with Crippen molar-refractivity contribution >= 4 is 21.6 Å². The molecule has 2 aliphatic rings.